The Bertz CT molecular complexity index is 512. The molecule has 6 nitrogen and oxygen atoms in total. The highest BCUT2D eigenvalue weighted by atomic mass is 16.4. The number of ketones is 1. The number of carboxylic acid groups (broad SMARTS) is 1. The van der Waals surface area contributed by atoms with Crippen molar-refractivity contribution >= 4 is 17.7 Å². The van der Waals surface area contributed by atoms with Crippen molar-refractivity contribution in [2.45, 2.75) is 83.6 Å². The fourth-order valence-corrected chi connectivity index (χ4v) is 3.16. The van der Waals surface area contributed by atoms with Crippen molar-refractivity contribution < 1.29 is 24.6 Å². The summed E-state index contributed by atoms with van der Waals surface area (Å²) >= 11 is 0. The van der Waals surface area contributed by atoms with Gasteiger partial charge in [0.15, 0.2) is 5.78 Å². The van der Waals surface area contributed by atoms with E-state index in [0.29, 0.717) is 6.42 Å². The molecule has 0 aromatic heterocycles. The van der Waals surface area contributed by atoms with E-state index in [1.807, 2.05) is 0 Å². The van der Waals surface area contributed by atoms with Crippen LogP contribution < -0.4 is 0 Å². The maximum atomic E-state index is 12.2. The second-order valence-corrected chi connectivity index (χ2v) is 6.79. The highest BCUT2D eigenvalue weighted by Crippen LogP contribution is 2.27. The van der Waals surface area contributed by atoms with E-state index in [2.05, 4.69) is 6.92 Å². The van der Waals surface area contributed by atoms with E-state index in [9.17, 15) is 19.5 Å². The number of likely N-dealkylation sites (N-methyl/N-ethyl adjacent to an activating group) is 1. The van der Waals surface area contributed by atoms with E-state index < -0.39 is 30.1 Å². The van der Waals surface area contributed by atoms with Crippen molar-refractivity contribution in [3.05, 3.63) is 11.3 Å². The zero-order valence-electron chi connectivity index (χ0n) is 15.4. The van der Waals surface area contributed by atoms with Crippen molar-refractivity contribution in [3.63, 3.8) is 0 Å². The first kappa shape index (κ1) is 21.2. The van der Waals surface area contributed by atoms with Crippen molar-refractivity contribution in [1.82, 2.24) is 4.90 Å². The number of hydrogen-bond acceptors (Lipinski definition) is 4. The predicted octanol–water partition coefficient (Wildman–Crippen LogP) is 3.60. The average Bonchev–Trinajstić information content (AvgIpc) is 2.76. The third-order valence-electron chi connectivity index (χ3n) is 4.73. The Balaban J connectivity index is 2.35. The zero-order chi connectivity index (χ0) is 18.8. The van der Waals surface area contributed by atoms with E-state index >= 15 is 0 Å². The molecule has 0 radical (unpaired) electrons. The van der Waals surface area contributed by atoms with Crippen LogP contribution in [0, 0.1) is 0 Å². The number of carbonyl (C=O) groups is 3. The average molecular weight is 353 g/mol. The number of amides is 1. The molecule has 0 aliphatic carbocycles. The van der Waals surface area contributed by atoms with Crippen LogP contribution in [0.4, 0.5) is 0 Å². The summed E-state index contributed by atoms with van der Waals surface area (Å²) in [5.41, 5.74) is -0.228. The topological polar surface area (TPSA) is 94.9 Å². The van der Waals surface area contributed by atoms with Gasteiger partial charge in [0.2, 0.25) is 0 Å². The Kier molecular flexibility index (Phi) is 9.24. The number of rotatable bonds is 13. The molecule has 1 heterocycles. The molecule has 1 rings (SSSR count). The Morgan fingerprint density at radius 2 is 1.52 bits per heavy atom. The molecule has 6 heteroatoms. The maximum absolute atomic E-state index is 12.2. The van der Waals surface area contributed by atoms with Crippen LogP contribution in [0.15, 0.2) is 11.3 Å². The number of nitrogens with zero attached hydrogens (tertiary/aromatic N) is 1. The van der Waals surface area contributed by atoms with Gasteiger partial charge in [0.1, 0.15) is 17.4 Å². The highest BCUT2D eigenvalue weighted by Gasteiger charge is 2.40. The third-order valence-corrected chi connectivity index (χ3v) is 4.73. The zero-order valence-corrected chi connectivity index (χ0v) is 15.4. The molecule has 142 valence electrons. The molecule has 1 aliphatic rings. The molecule has 1 atom stereocenters. The van der Waals surface area contributed by atoms with Gasteiger partial charge in [-0.3, -0.25) is 14.4 Å². The van der Waals surface area contributed by atoms with Gasteiger partial charge in [-0.05, 0) is 6.42 Å². The van der Waals surface area contributed by atoms with Gasteiger partial charge in [0, 0.05) is 13.5 Å². The van der Waals surface area contributed by atoms with E-state index in [0.717, 1.165) is 24.2 Å². The molecule has 0 saturated heterocycles. The summed E-state index contributed by atoms with van der Waals surface area (Å²) < 4.78 is 0. The minimum absolute atomic E-state index is 0.217. The van der Waals surface area contributed by atoms with Crippen molar-refractivity contribution in [2.75, 3.05) is 7.05 Å². The number of carboxylic acids is 1. The quantitative estimate of drug-likeness (QED) is 0.390. The second-order valence-electron chi connectivity index (χ2n) is 6.79. The van der Waals surface area contributed by atoms with Crippen LogP contribution in [0.25, 0.3) is 0 Å². The Hall–Kier alpha value is -1.85. The van der Waals surface area contributed by atoms with Crippen LogP contribution in [0.1, 0.15) is 77.6 Å². The van der Waals surface area contributed by atoms with E-state index in [1.165, 1.54) is 39.2 Å². The van der Waals surface area contributed by atoms with Crippen LogP contribution in [0.2, 0.25) is 0 Å². The van der Waals surface area contributed by atoms with Gasteiger partial charge in [-0.1, -0.05) is 58.3 Å². The number of aliphatic carboxylic acids is 1. The molecule has 0 aromatic rings. The number of carbonyl (C=O) groups excluding carboxylic acids is 2. The number of aliphatic hydroxyl groups excluding tert-OH is 1. The molecule has 25 heavy (non-hydrogen) atoms. The fraction of sp³-hybridized carbons (Fsp3) is 0.737. The molecule has 0 bridgehead atoms. The third kappa shape index (κ3) is 6.52. The number of unbranched alkanes of at least 4 members (excludes halogenated alkanes) is 8. The summed E-state index contributed by atoms with van der Waals surface area (Å²) in [6, 6.07) is -0.938. The van der Waals surface area contributed by atoms with Gasteiger partial charge in [0.05, 0.1) is 6.42 Å². The number of Topliss-reactive ketones (excluding diaryl/α,β-unsaturated/α-hetero) is 1. The summed E-state index contributed by atoms with van der Waals surface area (Å²) in [5.74, 6) is -2.48. The lowest BCUT2D eigenvalue weighted by Gasteiger charge is -2.18. The lowest BCUT2D eigenvalue weighted by molar-refractivity contribution is -0.138. The first-order valence-corrected chi connectivity index (χ1v) is 9.35. The summed E-state index contributed by atoms with van der Waals surface area (Å²) in [4.78, 5) is 36.3. The largest absolute Gasteiger partial charge is 0.509 e. The standard InChI is InChI=1S/C19H31NO5/c1-3-4-5-6-7-8-9-10-11-12-15(21)17-18(24)14(13-16(22)23)20(2)19(17)25/h14,24H,3-13H2,1-2H3,(H,22,23)/t14-/m0/s1. The normalized spacial score (nSPS) is 17.4. The Morgan fingerprint density at radius 1 is 1.00 bits per heavy atom. The number of hydrogen-bond donors (Lipinski definition) is 2. The first-order chi connectivity index (χ1) is 11.9. The van der Waals surface area contributed by atoms with Crippen LogP contribution in [-0.4, -0.2) is 45.9 Å². The van der Waals surface area contributed by atoms with Gasteiger partial charge < -0.3 is 15.1 Å². The molecule has 0 saturated carbocycles. The van der Waals surface area contributed by atoms with E-state index in [-0.39, 0.29) is 17.8 Å². The van der Waals surface area contributed by atoms with Gasteiger partial charge in [-0.2, -0.15) is 0 Å². The summed E-state index contributed by atoms with van der Waals surface area (Å²) in [6.45, 7) is 2.20. The van der Waals surface area contributed by atoms with Crippen LogP contribution in [0.3, 0.4) is 0 Å². The molecule has 1 amide bonds. The Morgan fingerprint density at radius 3 is 2.04 bits per heavy atom. The van der Waals surface area contributed by atoms with E-state index in [1.54, 1.807) is 0 Å². The van der Waals surface area contributed by atoms with Gasteiger partial charge >= 0.3 is 5.97 Å². The summed E-state index contributed by atoms with van der Waals surface area (Å²) in [5, 5.41) is 18.9. The summed E-state index contributed by atoms with van der Waals surface area (Å²) in [7, 11) is 1.41. The highest BCUT2D eigenvalue weighted by molar-refractivity contribution is 6.21. The minimum atomic E-state index is -1.12. The smallest absolute Gasteiger partial charge is 0.305 e. The monoisotopic (exact) mass is 353 g/mol. The van der Waals surface area contributed by atoms with Crippen molar-refractivity contribution in [2.24, 2.45) is 0 Å². The molecular weight excluding hydrogens is 322 g/mol. The van der Waals surface area contributed by atoms with Gasteiger partial charge in [0.25, 0.3) is 5.91 Å². The molecule has 1 aliphatic heterocycles. The maximum Gasteiger partial charge on any atom is 0.305 e. The number of aliphatic hydroxyl groups is 1. The van der Waals surface area contributed by atoms with Gasteiger partial charge in [-0.25, -0.2) is 0 Å². The Labute approximate surface area is 149 Å². The molecule has 0 unspecified atom stereocenters. The molecule has 0 fully saturated rings. The minimum Gasteiger partial charge on any atom is -0.509 e. The van der Waals surface area contributed by atoms with Gasteiger partial charge in [-0.15, -0.1) is 0 Å². The second kappa shape index (κ2) is 10.9. The van der Waals surface area contributed by atoms with Crippen LogP contribution in [-0.2, 0) is 14.4 Å². The lowest BCUT2D eigenvalue weighted by Crippen LogP contribution is -2.34. The predicted molar refractivity (Wildman–Crippen MR) is 95.3 cm³/mol. The fourth-order valence-electron chi connectivity index (χ4n) is 3.16. The molecule has 0 spiro atoms. The molecule has 0 aromatic carbocycles. The SMILES string of the molecule is CCCCCCCCCCCC(=O)C1=C(O)[C@H](CC(=O)O)N(C)C1=O. The van der Waals surface area contributed by atoms with Crippen molar-refractivity contribution in [3.8, 4) is 0 Å². The van der Waals surface area contributed by atoms with Crippen molar-refractivity contribution in [1.29, 1.82) is 0 Å². The van der Waals surface area contributed by atoms with E-state index in [4.69, 9.17) is 5.11 Å². The lowest BCUT2D eigenvalue weighted by atomic mass is 10.0. The molecular formula is C19H31NO5. The molecule has 2 N–H and O–H groups in total. The van der Waals surface area contributed by atoms with Crippen LogP contribution in [0.5, 0.6) is 0 Å². The van der Waals surface area contributed by atoms with Crippen LogP contribution >= 0.6 is 0 Å². The summed E-state index contributed by atoms with van der Waals surface area (Å²) in [6.07, 6.45) is 9.96. The first-order valence-electron chi connectivity index (χ1n) is 9.35.